The van der Waals surface area contributed by atoms with Gasteiger partial charge >= 0.3 is 0 Å². The van der Waals surface area contributed by atoms with Crippen molar-refractivity contribution in [2.75, 3.05) is 25.5 Å². The lowest BCUT2D eigenvalue weighted by Gasteiger charge is -2.25. The number of anilines is 1. The number of hydrogen-bond donors (Lipinski definition) is 2. The number of amides is 1. The molecule has 1 aromatic rings. The minimum Gasteiger partial charge on any atom is -0.396 e. The Morgan fingerprint density at radius 2 is 2.28 bits per heavy atom. The van der Waals surface area contributed by atoms with Crippen LogP contribution >= 0.6 is 0 Å². The first-order valence-corrected chi connectivity index (χ1v) is 6.40. The number of carbonyl (C=O) groups excluding carboxylic acids is 1. The van der Waals surface area contributed by atoms with E-state index >= 15 is 0 Å². The monoisotopic (exact) mass is 248 g/mol. The largest absolute Gasteiger partial charge is 0.396 e. The van der Waals surface area contributed by atoms with Crippen molar-refractivity contribution < 1.29 is 9.90 Å². The number of hydrogen-bond acceptors (Lipinski definition) is 3. The first-order valence-electron chi connectivity index (χ1n) is 6.40. The molecule has 1 amide bonds. The highest BCUT2D eigenvalue weighted by Gasteiger charge is 2.13. The Hall–Kier alpha value is -1.39. The second-order valence-corrected chi connectivity index (χ2v) is 4.85. The summed E-state index contributed by atoms with van der Waals surface area (Å²) in [4.78, 5) is 13.9. The number of fused-ring (bicyclic) bond motifs is 1. The summed E-state index contributed by atoms with van der Waals surface area (Å²) >= 11 is 0. The van der Waals surface area contributed by atoms with Crippen LogP contribution in [0.2, 0.25) is 0 Å². The van der Waals surface area contributed by atoms with Crippen molar-refractivity contribution in [1.29, 1.82) is 0 Å². The van der Waals surface area contributed by atoms with Crippen LogP contribution in [0, 0.1) is 0 Å². The first-order chi connectivity index (χ1) is 8.69. The molecule has 18 heavy (non-hydrogen) atoms. The average Bonchev–Trinajstić information content (AvgIpc) is 2.36. The Bertz CT molecular complexity index is 432. The molecule has 1 aliphatic heterocycles. The molecule has 0 unspecified atom stereocenters. The molecule has 0 aliphatic carbocycles. The molecular formula is C14H20N2O2. The van der Waals surface area contributed by atoms with Crippen LogP contribution < -0.4 is 5.32 Å². The second kappa shape index (κ2) is 5.98. The zero-order valence-corrected chi connectivity index (χ0v) is 10.8. The molecule has 2 N–H and O–H groups in total. The molecular weight excluding hydrogens is 228 g/mol. The van der Waals surface area contributed by atoms with Crippen LogP contribution in [-0.4, -0.2) is 36.1 Å². The van der Waals surface area contributed by atoms with Crippen molar-refractivity contribution in [1.82, 2.24) is 4.90 Å². The van der Waals surface area contributed by atoms with Crippen molar-refractivity contribution in [2.45, 2.75) is 25.8 Å². The van der Waals surface area contributed by atoms with Gasteiger partial charge in [0.05, 0.1) is 0 Å². The summed E-state index contributed by atoms with van der Waals surface area (Å²) in [5.74, 6) is -0.0306. The Balaban J connectivity index is 2.00. The average molecular weight is 248 g/mol. The van der Waals surface area contributed by atoms with E-state index in [1.165, 1.54) is 11.1 Å². The molecule has 0 fully saturated rings. The summed E-state index contributed by atoms with van der Waals surface area (Å²) < 4.78 is 0. The van der Waals surface area contributed by atoms with E-state index < -0.39 is 0 Å². The standard InChI is InChI=1S/C14H20N2O2/c1-16-7-6-11-9-13(5-4-12(11)10-16)15-14(18)3-2-8-17/h4-5,9,17H,2-3,6-8,10H2,1H3,(H,15,18). The number of nitrogens with zero attached hydrogens (tertiary/aromatic N) is 1. The van der Waals surface area contributed by atoms with Crippen molar-refractivity contribution in [3.8, 4) is 0 Å². The molecule has 0 radical (unpaired) electrons. The van der Waals surface area contributed by atoms with E-state index in [9.17, 15) is 4.79 Å². The molecule has 1 aromatic carbocycles. The van der Waals surface area contributed by atoms with Gasteiger partial charge in [0.1, 0.15) is 0 Å². The number of rotatable bonds is 4. The summed E-state index contributed by atoms with van der Waals surface area (Å²) in [7, 11) is 2.12. The number of aliphatic hydroxyl groups excluding tert-OH is 1. The normalized spacial score (nSPS) is 15.2. The minimum absolute atomic E-state index is 0.0306. The van der Waals surface area contributed by atoms with Gasteiger partial charge in [0, 0.05) is 31.8 Å². The van der Waals surface area contributed by atoms with E-state index in [-0.39, 0.29) is 12.5 Å². The van der Waals surface area contributed by atoms with Gasteiger partial charge in [0.2, 0.25) is 5.91 Å². The van der Waals surface area contributed by atoms with Gasteiger partial charge in [0.25, 0.3) is 0 Å². The van der Waals surface area contributed by atoms with Crippen LogP contribution in [0.3, 0.4) is 0 Å². The minimum atomic E-state index is -0.0306. The van der Waals surface area contributed by atoms with E-state index in [2.05, 4.69) is 29.4 Å². The van der Waals surface area contributed by atoms with Crippen molar-refractivity contribution in [2.24, 2.45) is 0 Å². The smallest absolute Gasteiger partial charge is 0.224 e. The van der Waals surface area contributed by atoms with E-state index in [1.807, 2.05) is 6.07 Å². The molecule has 0 atom stereocenters. The number of likely N-dealkylation sites (N-methyl/N-ethyl adjacent to an activating group) is 1. The third-order valence-electron chi connectivity index (χ3n) is 3.26. The van der Waals surface area contributed by atoms with Gasteiger partial charge < -0.3 is 15.3 Å². The number of benzene rings is 1. The van der Waals surface area contributed by atoms with Crippen molar-refractivity contribution in [3.63, 3.8) is 0 Å². The first kappa shape index (κ1) is 13.1. The molecule has 4 nitrogen and oxygen atoms in total. The van der Waals surface area contributed by atoms with Crippen LogP contribution in [0.5, 0.6) is 0 Å². The van der Waals surface area contributed by atoms with Crippen LogP contribution in [0.15, 0.2) is 18.2 Å². The molecule has 0 bridgehead atoms. The fourth-order valence-electron chi connectivity index (χ4n) is 2.23. The summed E-state index contributed by atoms with van der Waals surface area (Å²) in [5, 5.41) is 11.6. The maximum absolute atomic E-state index is 11.6. The predicted molar refractivity (Wildman–Crippen MR) is 71.4 cm³/mol. The van der Waals surface area contributed by atoms with Gasteiger partial charge in [-0.15, -0.1) is 0 Å². The summed E-state index contributed by atoms with van der Waals surface area (Å²) in [6.45, 7) is 2.10. The second-order valence-electron chi connectivity index (χ2n) is 4.85. The molecule has 98 valence electrons. The fraction of sp³-hybridized carbons (Fsp3) is 0.500. The van der Waals surface area contributed by atoms with Crippen LogP contribution in [0.25, 0.3) is 0 Å². The summed E-state index contributed by atoms with van der Waals surface area (Å²) in [5.41, 5.74) is 3.53. The molecule has 0 saturated carbocycles. The van der Waals surface area contributed by atoms with Crippen LogP contribution in [-0.2, 0) is 17.8 Å². The third-order valence-corrected chi connectivity index (χ3v) is 3.26. The van der Waals surface area contributed by atoms with Crippen molar-refractivity contribution in [3.05, 3.63) is 29.3 Å². The van der Waals surface area contributed by atoms with E-state index in [0.29, 0.717) is 12.8 Å². The quantitative estimate of drug-likeness (QED) is 0.846. The van der Waals surface area contributed by atoms with E-state index in [0.717, 1.165) is 25.2 Å². The molecule has 0 aromatic heterocycles. The Morgan fingerprint density at radius 1 is 1.44 bits per heavy atom. The molecule has 2 rings (SSSR count). The SMILES string of the molecule is CN1CCc2cc(NC(=O)CCCO)ccc2C1. The summed E-state index contributed by atoms with van der Waals surface area (Å²) in [6, 6.07) is 6.11. The highest BCUT2D eigenvalue weighted by molar-refractivity contribution is 5.90. The zero-order chi connectivity index (χ0) is 13.0. The number of carbonyl (C=O) groups is 1. The maximum Gasteiger partial charge on any atom is 0.224 e. The third kappa shape index (κ3) is 3.31. The van der Waals surface area contributed by atoms with Crippen molar-refractivity contribution >= 4 is 11.6 Å². The van der Waals surface area contributed by atoms with Gasteiger partial charge in [0.15, 0.2) is 0 Å². The number of nitrogens with one attached hydrogen (secondary N) is 1. The highest BCUT2D eigenvalue weighted by Crippen LogP contribution is 2.21. The molecule has 0 saturated heterocycles. The van der Waals surface area contributed by atoms with Gasteiger partial charge in [-0.1, -0.05) is 6.07 Å². The van der Waals surface area contributed by atoms with E-state index in [4.69, 9.17) is 5.11 Å². The number of aliphatic hydroxyl groups is 1. The zero-order valence-electron chi connectivity index (χ0n) is 10.8. The lowest BCUT2D eigenvalue weighted by molar-refractivity contribution is -0.116. The molecule has 0 spiro atoms. The topological polar surface area (TPSA) is 52.6 Å². The lowest BCUT2D eigenvalue weighted by Crippen LogP contribution is -2.26. The molecule has 1 aliphatic rings. The lowest BCUT2D eigenvalue weighted by atomic mass is 9.99. The molecule has 1 heterocycles. The predicted octanol–water partition coefficient (Wildman–Crippen LogP) is 1.39. The van der Waals surface area contributed by atoms with Gasteiger partial charge in [-0.3, -0.25) is 4.79 Å². The highest BCUT2D eigenvalue weighted by atomic mass is 16.3. The Morgan fingerprint density at radius 3 is 3.06 bits per heavy atom. The Kier molecular flexibility index (Phi) is 4.33. The van der Waals surface area contributed by atoms with Crippen LogP contribution in [0.4, 0.5) is 5.69 Å². The van der Waals surface area contributed by atoms with Gasteiger partial charge in [-0.2, -0.15) is 0 Å². The summed E-state index contributed by atoms with van der Waals surface area (Å²) in [6.07, 6.45) is 1.92. The Labute approximate surface area is 108 Å². The maximum atomic E-state index is 11.6. The van der Waals surface area contributed by atoms with Crippen LogP contribution in [0.1, 0.15) is 24.0 Å². The molecule has 4 heteroatoms. The van der Waals surface area contributed by atoms with Gasteiger partial charge in [-0.05, 0) is 43.1 Å². The van der Waals surface area contributed by atoms with E-state index in [1.54, 1.807) is 0 Å². The van der Waals surface area contributed by atoms with Gasteiger partial charge in [-0.25, -0.2) is 0 Å². The fourth-order valence-corrected chi connectivity index (χ4v) is 2.23.